The van der Waals surface area contributed by atoms with Gasteiger partial charge in [-0.3, -0.25) is 14.4 Å². The molecule has 1 saturated carbocycles. The normalized spacial score (nSPS) is 20.5. The Hall–Kier alpha value is -3.95. The lowest BCUT2D eigenvalue weighted by molar-refractivity contribution is -0.139. The van der Waals surface area contributed by atoms with Crippen molar-refractivity contribution in [2.24, 2.45) is 5.92 Å². The van der Waals surface area contributed by atoms with Gasteiger partial charge in [0.1, 0.15) is 12.2 Å². The first-order valence-electron chi connectivity index (χ1n) is 15.6. The molecule has 2 atom stereocenters. The molecule has 4 heterocycles. The van der Waals surface area contributed by atoms with Crippen molar-refractivity contribution in [1.29, 1.82) is 0 Å². The van der Waals surface area contributed by atoms with Crippen molar-refractivity contribution in [3.63, 3.8) is 0 Å². The average molecular weight is 678 g/mol. The Morgan fingerprint density at radius 3 is 2.55 bits per heavy atom. The lowest BCUT2D eigenvalue weighted by Gasteiger charge is -2.38. The molecule has 0 radical (unpaired) electrons. The SMILES string of the molecule is CCc1c(N2CCN(C(=O)C3CCCC3O)CC2)c(=O)n2nc(C3=CCOCC3)nc2n1CC(=O)Nc1ccc(C(F)(F)F)cc1Cl. The van der Waals surface area contributed by atoms with Crippen LogP contribution >= 0.6 is 11.6 Å². The zero-order chi connectivity index (χ0) is 33.5. The van der Waals surface area contributed by atoms with E-state index in [1.165, 1.54) is 4.52 Å². The van der Waals surface area contributed by atoms with Crippen LogP contribution in [0.4, 0.5) is 24.5 Å². The minimum atomic E-state index is -4.60. The fourth-order valence-corrected chi connectivity index (χ4v) is 6.76. The molecule has 1 aromatic carbocycles. The highest BCUT2D eigenvalue weighted by molar-refractivity contribution is 6.33. The summed E-state index contributed by atoms with van der Waals surface area (Å²) in [5.74, 6) is -0.627. The molecule has 3 aliphatic rings. The third-order valence-electron chi connectivity index (χ3n) is 8.99. The minimum Gasteiger partial charge on any atom is -0.392 e. The van der Waals surface area contributed by atoms with E-state index in [-0.39, 0.29) is 28.9 Å². The molecule has 252 valence electrons. The first-order valence-corrected chi connectivity index (χ1v) is 16.0. The highest BCUT2D eigenvalue weighted by Crippen LogP contribution is 2.34. The number of nitrogens with one attached hydrogen (secondary N) is 1. The molecule has 3 aromatic rings. The summed E-state index contributed by atoms with van der Waals surface area (Å²) >= 11 is 6.10. The summed E-state index contributed by atoms with van der Waals surface area (Å²) < 4.78 is 47.6. The Balaban J connectivity index is 1.34. The monoisotopic (exact) mass is 677 g/mol. The van der Waals surface area contributed by atoms with Gasteiger partial charge in [0, 0.05) is 26.2 Å². The van der Waals surface area contributed by atoms with Gasteiger partial charge in [0.15, 0.2) is 5.82 Å². The number of rotatable bonds is 7. The van der Waals surface area contributed by atoms with Crippen LogP contribution in [0.1, 0.15) is 49.7 Å². The van der Waals surface area contributed by atoms with Gasteiger partial charge < -0.3 is 29.5 Å². The average Bonchev–Trinajstić information content (AvgIpc) is 3.70. The number of piperazine rings is 1. The van der Waals surface area contributed by atoms with E-state index in [2.05, 4.69) is 15.4 Å². The zero-order valence-electron chi connectivity index (χ0n) is 25.7. The van der Waals surface area contributed by atoms with Crippen molar-refractivity contribution in [1.82, 2.24) is 24.1 Å². The van der Waals surface area contributed by atoms with Crippen molar-refractivity contribution in [2.75, 3.05) is 49.6 Å². The number of carbonyl (C=O) groups is 2. The number of aliphatic hydroxyl groups excluding tert-OH is 1. The molecule has 2 aliphatic heterocycles. The molecule has 0 bridgehead atoms. The number of nitrogens with zero attached hydrogens (tertiary/aromatic N) is 6. The van der Waals surface area contributed by atoms with Gasteiger partial charge in [0.05, 0.1) is 47.2 Å². The van der Waals surface area contributed by atoms with E-state index < -0.39 is 35.2 Å². The van der Waals surface area contributed by atoms with Crippen LogP contribution in [0.2, 0.25) is 5.02 Å². The Labute approximate surface area is 272 Å². The number of amides is 2. The second kappa shape index (κ2) is 13.3. The first kappa shape index (κ1) is 33.0. The number of aliphatic hydroxyl groups is 1. The van der Waals surface area contributed by atoms with Crippen molar-refractivity contribution in [3.05, 3.63) is 56.7 Å². The van der Waals surface area contributed by atoms with Crippen LogP contribution < -0.4 is 15.8 Å². The van der Waals surface area contributed by atoms with Gasteiger partial charge in [0.2, 0.25) is 17.6 Å². The van der Waals surface area contributed by atoms with Gasteiger partial charge in [-0.2, -0.15) is 22.7 Å². The predicted octanol–water partition coefficient (Wildman–Crippen LogP) is 3.38. The van der Waals surface area contributed by atoms with Crippen molar-refractivity contribution < 1.29 is 32.6 Å². The second-order valence-electron chi connectivity index (χ2n) is 11.9. The van der Waals surface area contributed by atoms with Gasteiger partial charge >= 0.3 is 6.18 Å². The van der Waals surface area contributed by atoms with Crippen LogP contribution in [0.3, 0.4) is 0 Å². The maximum Gasteiger partial charge on any atom is 0.416 e. The van der Waals surface area contributed by atoms with Crippen molar-refractivity contribution in [3.8, 4) is 0 Å². The number of alkyl halides is 3. The molecular formula is C31H35ClF3N7O5. The van der Waals surface area contributed by atoms with Crippen molar-refractivity contribution in [2.45, 2.75) is 57.9 Å². The standard InChI is InChI=1S/C31H35ClF3N7O5/c1-2-23-26(39-10-12-40(13-11-39)28(45)20-4-3-5-24(20)43)29(46)42-30(37-27(38-42)18-8-14-47-15-9-18)41(23)17-25(44)36-22-7-6-19(16-21(22)32)31(33,34)35/h6-8,16,20,24,43H,2-5,9-15,17H2,1H3,(H,36,44). The summed E-state index contributed by atoms with van der Waals surface area (Å²) in [5, 5.41) is 17.1. The molecular weight excluding hydrogens is 643 g/mol. The fraction of sp³-hybridized carbons (Fsp3) is 0.516. The van der Waals surface area contributed by atoms with Gasteiger partial charge in [-0.05, 0) is 55.9 Å². The third kappa shape index (κ3) is 6.61. The van der Waals surface area contributed by atoms with Gasteiger partial charge in [0.25, 0.3) is 5.56 Å². The molecule has 16 heteroatoms. The van der Waals surface area contributed by atoms with E-state index in [1.807, 2.05) is 17.9 Å². The molecule has 2 amide bonds. The highest BCUT2D eigenvalue weighted by atomic mass is 35.5. The van der Waals surface area contributed by atoms with Crippen LogP contribution in [0.5, 0.6) is 0 Å². The summed E-state index contributed by atoms with van der Waals surface area (Å²) in [6, 6.07) is 2.67. The predicted molar refractivity (Wildman–Crippen MR) is 167 cm³/mol. The largest absolute Gasteiger partial charge is 0.416 e. The molecule has 2 fully saturated rings. The van der Waals surface area contributed by atoms with Crippen LogP contribution in [0.15, 0.2) is 29.1 Å². The molecule has 2 aromatic heterocycles. The summed E-state index contributed by atoms with van der Waals surface area (Å²) in [6.45, 7) is 3.74. The number of anilines is 2. The van der Waals surface area contributed by atoms with E-state index in [1.54, 1.807) is 9.47 Å². The van der Waals surface area contributed by atoms with Gasteiger partial charge in [-0.25, -0.2) is 0 Å². The molecule has 6 rings (SSSR count). The van der Waals surface area contributed by atoms with Crippen molar-refractivity contribution >= 4 is 46.1 Å². The van der Waals surface area contributed by atoms with E-state index in [0.717, 1.165) is 30.2 Å². The summed E-state index contributed by atoms with van der Waals surface area (Å²) in [6.07, 6.45) is -0.458. The number of aromatic nitrogens is 4. The number of fused-ring (bicyclic) bond motifs is 1. The number of halogens is 4. The number of hydrogen-bond acceptors (Lipinski definition) is 8. The van der Waals surface area contributed by atoms with Crippen LogP contribution in [-0.2, 0) is 33.5 Å². The zero-order valence-corrected chi connectivity index (χ0v) is 26.5. The molecule has 12 nitrogen and oxygen atoms in total. The van der Waals surface area contributed by atoms with Crippen LogP contribution in [-0.4, -0.2) is 86.5 Å². The summed E-state index contributed by atoms with van der Waals surface area (Å²) in [7, 11) is 0. The Bertz CT molecular complexity index is 1780. The van der Waals surface area contributed by atoms with E-state index in [4.69, 9.17) is 16.3 Å². The van der Waals surface area contributed by atoms with Crippen LogP contribution in [0.25, 0.3) is 11.4 Å². The maximum absolute atomic E-state index is 14.1. The maximum atomic E-state index is 14.1. The van der Waals surface area contributed by atoms with E-state index >= 15 is 0 Å². The Morgan fingerprint density at radius 1 is 1.17 bits per heavy atom. The fourth-order valence-electron chi connectivity index (χ4n) is 6.54. The topological polar surface area (TPSA) is 134 Å². The third-order valence-corrected chi connectivity index (χ3v) is 9.30. The van der Waals surface area contributed by atoms with E-state index in [9.17, 15) is 32.7 Å². The molecule has 1 saturated heterocycles. The molecule has 2 unspecified atom stereocenters. The molecule has 47 heavy (non-hydrogen) atoms. The lowest BCUT2D eigenvalue weighted by atomic mass is 10.0. The molecule has 0 spiro atoms. The van der Waals surface area contributed by atoms with Crippen LogP contribution in [0, 0.1) is 5.92 Å². The summed E-state index contributed by atoms with van der Waals surface area (Å²) in [5.41, 5.74) is 0.278. The smallest absolute Gasteiger partial charge is 0.392 e. The molecule has 1 aliphatic carbocycles. The number of benzene rings is 1. The Kier molecular flexibility index (Phi) is 9.31. The number of hydrogen-bond donors (Lipinski definition) is 2. The number of ether oxygens (including phenoxy) is 1. The minimum absolute atomic E-state index is 0.00249. The first-order chi connectivity index (χ1) is 22.5. The van der Waals surface area contributed by atoms with Gasteiger partial charge in [-0.15, -0.1) is 5.10 Å². The van der Waals surface area contributed by atoms with Gasteiger partial charge in [-0.1, -0.05) is 24.6 Å². The Morgan fingerprint density at radius 2 is 1.94 bits per heavy atom. The lowest BCUT2D eigenvalue weighted by Crippen LogP contribution is -2.52. The summed E-state index contributed by atoms with van der Waals surface area (Å²) in [4.78, 5) is 48.9. The quantitative estimate of drug-likeness (QED) is 0.389. The second-order valence-corrected chi connectivity index (χ2v) is 12.3. The molecule has 2 N–H and O–H groups in total. The highest BCUT2D eigenvalue weighted by Gasteiger charge is 2.36. The number of carbonyl (C=O) groups excluding carboxylic acids is 2. The van der Waals surface area contributed by atoms with E-state index in [0.29, 0.717) is 82.3 Å².